The highest BCUT2D eigenvalue weighted by Crippen LogP contribution is 2.42. The molecule has 2 aromatic heterocycles. The molecule has 8 rings (SSSR count). The Morgan fingerprint density at radius 3 is 1.85 bits per heavy atom. The van der Waals surface area contributed by atoms with E-state index in [1.807, 2.05) is 27.6 Å². The zero-order chi connectivity index (χ0) is 56.3. The number of aromatic nitrogens is 4. The van der Waals surface area contributed by atoms with Crippen LogP contribution in [0.2, 0.25) is 0 Å². The minimum absolute atomic E-state index is 0.282. The molecule has 3 aliphatic heterocycles. The van der Waals surface area contributed by atoms with Gasteiger partial charge in [-0.3, -0.25) is 24.6 Å². The number of alkyl carbamates (subject to hydrolysis) is 2. The van der Waals surface area contributed by atoms with Crippen LogP contribution < -0.4 is 26.3 Å². The Balaban J connectivity index is 1.05. The van der Waals surface area contributed by atoms with Crippen LogP contribution in [0.5, 0.6) is 0 Å². The molecule has 5 heterocycles. The van der Waals surface area contributed by atoms with Crippen molar-refractivity contribution >= 4 is 29.9 Å². The number of carbonyl (C=O) groups excluding carboxylic acids is 4. The number of likely N-dealkylation sites (tertiary alicyclic amines) is 1. The fourth-order valence-corrected chi connectivity index (χ4v) is 9.60. The van der Waals surface area contributed by atoms with Gasteiger partial charge in [-0.15, -0.1) is 0 Å². The van der Waals surface area contributed by atoms with Crippen molar-refractivity contribution in [3.63, 3.8) is 0 Å². The third-order valence-electron chi connectivity index (χ3n) is 15.0. The Hall–Kier alpha value is -7.01. The first-order valence-corrected chi connectivity index (χ1v) is 25.4. The number of halogens is 6. The molecule has 3 saturated heterocycles. The SMILES string of the molecule is COC(=O)N[C@H](C(=O)N[C@@H](Cc1ccc(C#Cc2cnc(N3C[C@H]4C[C@@H]3CN4C3COC3)nc2)cc1)[C@@H](O)CN(Cc1ccc(-c2ccn(C3CC3)n2)cc1)NC(=O)[C@@H](NC(=O)OC)C(C)(C)C(F)(F)F)C(C)(C)C(F)(F)F. The van der Waals surface area contributed by atoms with E-state index in [1.165, 1.54) is 0 Å². The van der Waals surface area contributed by atoms with E-state index < -0.39 is 78.0 Å². The minimum Gasteiger partial charge on any atom is -0.453 e. The van der Waals surface area contributed by atoms with Crippen molar-refractivity contribution < 1.29 is 64.8 Å². The highest BCUT2D eigenvalue weighted by Gasteiger charge is 2.57. The average molecular weight is 1100 g/mol. The summed E-state index contributed by atoms with van der Waals surface area (Å²) in [6, 6.07) is 10.5. The van der Waals surface area contributed by atoms with Gasteiger partial charge in [-0.25, -0.2) is 24.6 Å². The Bertz CT molecular complexity index is 2830. The van der Waals surface area contributed by atoms with Crippen LogP contribution in [0.25, 0.3) is 11.3 Å². The number of carbonyl (C=O) groups is 4. The van der Waals surface area contributed by atoms with E-state index >= 15 is 0 Å². The molecule has 420 valence electrons. The molecule has 4 fully saturated rings. The lowest BCUT2D eigenvalue weighted by Gasteiger charge is -2.42. The molecule has 4 aromatic rings. The Morgan fingerprint density at radius 2 is 1.32 bits per heavy atom. The van der Waals surface area contributed by atoms with Crippen LogP contribution in [0.1, 0.15) is 75.3 Å². The lowest BCUT2D eigenvalue weighted by Crippen LogP contribution is -2.63. The number of piperazine rings is 1. The van der Waals surface area contributed by atoms with Gasteiger partial charge in [0.15, 0.2) is 0 Å². The van der Waals surface area contributed by atoms with Crippen LogP contribution >= 0.6 is 0 Å². The number of hydrogen-bond donors (Lipinski definition) is 5. The van der Waals surface area contributed by atoms with Crippen LogP contribution in [-0.4, -0.2) is 161 Å². The Kier molecular flexibility index (Phi) is 17.0. The van der Waals surface area contributed by atoms with E-state index in [0.717, 1.165) is 70.4 Å². The summed E-state index contributed by atoms with van der Waals surface area (Å²) in [4.78, 5) is 67.0. The molecular formula is C53H63F6N11O8. The standard InChI is InChI=1S/C53H63F6N11O8/c1-50(2,52(54,55)56)43(63-48(74)76-5)45(72)62-41(21-32-10-7-31(8-11-32)9-12-34-23-60-47(61-24-34)69-27-37-22-38(69)26-68(37)39-29-78-30-39)42(71)28-67(66-46(73)44(64-49(75)77-6)51(3,4)53(57,58)59)25-33-13-15-35(16-14-33)40-19-20-70(65-40)36-17-18-36/h7-8,10-11,13-16,19-20,23-24,36-39,41-44,71H,17-18,21-22,25-30H2,1-6H3,(H,62,72)(H,63,74)(H,64,75)(H,66,73)/t37-,38-,41+,42+,43-,44-/m1/s1. The van der Waals surface area contributed by atoms with Crippen molar-refractivity contribution in [1.82, 2.24) is 51.0 Å². The third-order valence-corrected chi connectivity index (χ3v) is 15.0. The molecule has 4 amide bonds. The lowest BCUT2D eigenvalue weighted by atomic mass is 9.82. The highest BCUT2D eigenvalue weighted by atomic mass is 19.4. The predicted molar refractivity (Wildman–Crippen MR) is 270 cm³/mol. The van der Waals surface area contributed by atoms with Gasteiger partial charge >= 0.3 is 24.5 Å². The van der Waals surface area contributed by atoms with Crippen LogP contribution in [0.3, 0.4) is 0 Å². The molecule has 25 heteroatoms. The van der Waals surface area contributed by atoms with E-state index in [9.17, 15) is 50.6 Å². The van der Waals surface area contributed by atoms with Gasteiger partial charge in [0.05, 0.1) is 73.8 Å². The summed E-state index contributed by atoms with van der Waals surface area (Å²) in [6.07, 6.45) is -6.73. The lowest BCUT2D eigenvalue weighted by molar-refractivity contribution is -0.221. The minimum atomic E-state index is -5.07. The molecule has 1 saturated carbocycles. The summed E-state index contributed by atoms with van der Waals surface area (Å²) < 4.78 is 104. The van der Waals surface area contributed by atoms with E-state index in [-0.39, 0.29) is 13.0 Å². The topological polar surface area (TPSA) is 218 Å². The second kappa shape index (κ2) is 23.1. The summed E-state index contributed by atoms with van der Waals surface area (Å²) in [7, 11) is 1.79. The summed E-state index contributed by atoms with van der Waals surface area (Å²) >= 11 is 0. The summed E-state index contributed by atoms with van der Waals surface area (Å²) in [5.74, 6) is 3.96. The Labute approximate surface area is 446 Å². The van der Waals surface area contributed by atoms with Gasteiger partial charge in [0, 0.05) is 68.0 Å². The number of nitrogens with zero attached hydrogens (tertiary/aromatic N) is 7. The largest absolute Gasteiger partial charge is 0.453 e. The quantitative estimate of drug-likeness (QED) is 0.0459. The Morgan fingerprint density at radius 1 is 0.744 bits per heavy atom. The fraction of sp³-hybridized carbons (Fsp3) is 0.528. The number of hydrazine groups is 1. The van der Waals surface area contributed by atoms with E-state index in [2.05, 4.69) is 56.9 Å². The van der Waals surface area contributed by atoms with Gasteiger partial charge in [-0.1, -0.05) is 48.2 Å². The second-order valence-electron chi connectivity index (χ2n) is 21.2. The molecule has 2 bridgehead atoms. The van der Waals surface area contributed by atoms with Gasteiger partial charge in [0.1, 0.15) is 12.1 Å². The van der Waals surface area contributed by atoms with Gasteiger partial charge in [-0.05, 0) is 82.7 Å². The number of benzene rings is 2. The number of methoxy groups -OCH3 is 2. The maximum atomic E-state index is 14.6. The first kappa shape index (κ1) is 57.2. The van der Waals surface area contributed by atoms with Crippen molar-refractivity contribution in [2.24, 2.45) is 10.8 Å². The van der Waals surface area contributed by atoms with Gasteiger partial charge < -0.3 is 40.2 Å². The van der Waals surface area contributed by atoms with Gasteiger partial charge in [0.2, 0.25) is 11.9 Å². The fourth-order valence-electron chi connectivity index (χ4n) is 9.60. The zero-order valence-electron chi connectivity index (χ0n) is 43.8. The molecule has 0 unspecified atom stereocenters. The molecule has 0 spiro atoms. The number of alkyl halides is 6. The molecular weight excluding hydrogens is 1030 g/mol. The maximum absolute atomic E-state index is 14.6. The second-order valence-corrected chi connectivity index (χ2v) is 21.2. The van der Waals surface area contributed by atoms with Crippen LogP contribution in [0, 0.1) is 22.7 Å². The van der Waals surface area contributed by atoms with E-state index in [0.29, 0.717) is 85.8 Å². The predicted octanol–water partition coefficient (Wildman–Crippen LogP) is 5.28. The number of ether oxygens (including phenoxy) is 3. The van der Waals surface area contributed by atoms with Crippen molar-refractivity contribution in [1.29, 1.82) is 0 Å². The summed E-state index contributed by atoms with van der Waals surface area (Å²) in [5, 5.41) is 24.2. The summed E-state index contributed by atoms with van der Waals surface area (Å²) in [5.41, 5.74) is -0.0648. The molecule has 78 heavy (non-hydrogen) atoms. The maximum Gasteiger partial charge on any atom is 0.407 e. The van der Waals surface area contributed by atoms with Crippen molar-refractivity contribution in [2.75, 3.05) is 52.0 Å². The molecule has 5 N–H and O–H groups in total. The molecule has 4 aliphatic rings. The number of aliphatic hydroxyl groups excluding tert-OH is 1. The van der Waals surface area contributed by atoms with Crippen LogP contribution in [0.15, 0.2) is 73.2 Å². The monoisotopic (exact) mass is 1100 g/mol. The molecule has 6 atom stereocenters. The molecule has 2 aromatic carbocycles. The number of fused-ring (bicyclic) bond motifs is 2. The normalized spacial score (nSPS) is 19.4. The number of rotatable bonds is 19. The van der Waals surface area contributed by atoms with E-state index in [1.54, 1.807) is 60.9 Å². The van der Waals surface area contributed by atoms with Crippen LogP contribution in [0.4, 0.5) is 41.9 Å². The van der Waals surface area contributed by atoms with Crippen molar-refractivity contribution in [3.8, 4) is 23.1 Å². The van der Waals surface area contributed by atoms with Crippen molar-refractivity contribution in [2.45, 2.75) is 121 Å². The van der Waals surface area contributed by atoms with Crippen molar-refractivity contribution in [3.05, 3.63) is 95.4 Å². The third kappa shape index (κ3) is 13.1. The molecule has 0 radical (unpaired) electrons. The first-order valence-electron chi connectivity index (χ1n) is 25.4. The number of amides is 4. The zero-order valence-corrected chi connectivity index (χ0v) is 43.8. The number of hydrogen-bond acceptors (Lipinski definition) is 14. The molecule has 1 aliphatic carbocycles. The number of aliphatic hydroxyl groups is 1. The molecule has 19 nitrogen and oxygen atoms in total. The smallest absolute Gasteiger partial charge is 0.407 e. The van der Waals surface area contributed by atoms with Crippen LogP contribution in [-0.2, 0) is 36.8 Å². The van der Waals surface area contributed by atoms with E-state index in [4.69, 9.17) is 4.74 Å². The average Bonchev–Trinajstić information content (AvgIpc) is 3.93. The highest BCUT2D eigenvalue weighted by molar-refractivity contribution is 5.87. The first-order chi connectivity index (χ1) is 36.8. The van der Waals surface area contributed by atoms with Gasteiger partial charge in [0.25, 0.3) is 5.91 Å². The number of anilines is 1. The summed E-state index contributed by atoms with van der Waals surface area (Å²) in [6.45, 7) is 5.07. The van der Waals surface area contributed by atoms with Gasteiger partial charge in [-0.2, -0.15) is 31.4 Å². The number of nitrogens with one attached hydrogen (secondary N) is 4.